The molecule has 0 aliphatic carbocycles. The van der Waals surface area contributed by atoms with Crippen molar-refractivity contribution in [3.05, 3.63) is 66.2 Å². The van der Waals surface area contributed by atoms with E-state index in [-0.39, 0.29) is 16.5 Å². The van der Waals surface area contributed by atoms with Crippen LogP contribution < -0.4 is 24.2 Å². The highest BCUT2D eigenvalue weighted by molar-refractivity contribution is 7.92. The monoisotopic (exact) mass is 480 g/mol. The zero-order valence-electron chi connectivity index (χ0n) is 19.1. The zero-order chi connectivity index (χ0) is 24.3. The van der Waals surface area contributed by atoms with Gasteiger partial charge in [-0.2, -0.15) is 0 Å². The molecule has 0 aliphatic rings. The van der Waals surface area contributed by atoms with E-state index in [0.29, 0.717) is 34.0 Å². The summed E-state index contributed by atoms with van der Waals surface area (Å²) in [5.74, 6) is 1.55. The van der Waals surface area contributed by atoms with Crippen molar-refractivity contribution in [2.75, 3.05) is 31.4 Å². The van der Waals surface area contributed by atoms with E-state index in [1.807, 2.05) is 19.1 Å². The van der Waals surface area contributed by atoms with Gasteiger partial charge in [0.05, 0.1) is 37.3 Å². The normalized spacial score (nSPS) is 11.2. The van der Waals surface area contributed by atoms with Crippen LogP contribution in [0.5, 0.6) is 17.2 Å². The van der Waals surface area contributed by atoms with Crippen molar-refractivity contribution in [3.63, 3.8) is 0 Å². The molecule has 1 heterocycles. The van der Waals surface area contributed by atoms with Crippen molar-refractivity contribution in [2.45, 2.75) is 11.8 Å². The van der Waals surface area contributed by atoms with Gasteiger partial charge in [-0.25, -0.2) is 18.4 Å². The highest BCUT2D eigenvalue weighted by Crippen LogP contribution is 2.41. The minimum absolute atomic E-state index is 0.0491. The first-order chi connectivity index (χ1) is 16.3. The molecule has 0 amide bonds. The average Bonchev–Trinajstić information content (AvgIpc) is 2.83. The maximum absolute atomic E-state index is 13.1. The van der Waals surface area contributed by atoms with Gasteiger partial charge in [-0.3, -0.25) is 4.72 Å². The summed E-state index contributed by atoms with van der Waals surface area (Å²) in [5.41, 5.74) is 2.62. The summed E-state index contributed by atoms with van der Waals surface area (Å²) in [4.78, 5) is 9.24. The van der Waals surface area contributed by atoms with Gasteiger partial charge >= 0.3 is 0 Å². The number of aromatic nitrogens is 2. The Morgan fingerprint density at radius 1 is 0.765 bits per heavy atom. The van der Waals surface area contributed by atoms with Crippen LogP contribution in [0, 0.1) is 6.92 Å². The van der Waals surface area contributed by atoms with Gasteiger partial charge in [0.2, 0.25) is 5.75 Å². The van der Waals surface area contributed by atoms with E-state index >= 15 is 0 Å². The number of para-hydroxylation sites is 2. The first-order valence-corrected chi connectivity index (χ1v) is 11.8. The van der Waals surface area contributed by atoms with Gasteiger partial charge in [-0.15, -0.1) is 0 Å². The maximum atomic E-state index is 13.1. The fourth-order valence-electron chi connectivity index (χ4n) is 3.35. The van der Waals surface area contributed by atoms with E-state index in [1.54, 1.807) is 48.5 Å². The van der Waals surface area contributed by atoms with Crippen LogP contribution in [0.25, 0.3) is 11.0 Å². The third kappa shape index (κ3) is 4.67. The van der Waals surface area contributed by atoms with E-state index in [4.69, 9.17) is 14.2 Å². The first kappa shape index (κ1) is 23.1. The molecule has 0 radical (unpaired) electrons. The molecular formula is C24H24N4O5S. The molecule has 9 nitrogen and oxygen atoms in total. The number of ether oxygens (including phenoxy) is 3. The fourth-order valence-corrected chi connectivity index (χ4v) is 4.36. The number of nitrogens with zero attached hydrogens (tertiary/aromatic N) is 2. The number of hydrogen-bond donors (Lipinski definition) is 2. The number of sulfonamides is 1. The summed E-state index contributed by atoms with van der Waals surface area (Å²) in [6.07, 6.45) is 0. The van der Waals surface area contributed by atoms with Crippen LogP contribution in [-0.4, -0.2) is 39.7 Å². The van der Waals surface area contributed by atoms with Crippen molar-refractivity contribution in [1.29, 1.82) is 0 Å². The van der Waals surface area contributed by atoms with Gasteiger partial charge in [0, 0.05) is 17.8 Å². The topological polar surface area (TPSA) is 112 Å². The number of rotatable bonds is 8. The molecule has 4 aromatic rings. The Kier molecular flexibility index (Phi) is 6.42. The quantitative estimate of drug-likeness (QED) is 0.379. The molecule has 1 aromatic heterocycles. The molecule has 4 rings (SSSR count). The molecule has 34 heavy (non-hydrogen) atoms. The maximum Gasteiger partial charge on any atom is 0.263 e. The second-order valence-electron chi connectivity index (χ2n) is 7.37. The summed E-state index contributed by atoms with van der Waals surface area (Å²) in [5, 5.41) is 3.13. The zero-order valence-corrected chi connectivity index (χ0v) is 19.9. The number of nitrogens with one attached hydrogen (secondary N) is 2. The van der Waals surface area contributed by atoms with Crippen molar-refractivity contribution >= 4 is 38.4 Å². The number of hydrogen-bond acceptors (Lipinski definition) is 8. The second kappa shape index (κ2) is 9.44. The molecule has 0 fully saturated rings. The minimum Gasteiger partial charge on any atom is -0.493 e. The Morgan fingerprint density at radius 3 is 1.85 bits per heavy atom. The Bertz CT molecular complexity index is 1410. The van der Waals surface area contributed by atoms with Crippen LogP contribution >= 0.6 is 0 Å². The van der Waals surface area contributed by atoms with Gasteiger partial charge in [0.15, 0.2) is 23.1 Å². The Labute approximate surface area is 197 Å². The second-order valence-corrected chi connectivity index (χ2v) is 9.05. The van der Waals surface area contributed by atoms with Crippen LogP contribution in [0.15, 0.2) is 65.6 Å². The summed E-state index contributed by atoms with van der Waals surface area (Å²) < 4.78 is 44.9. The van der Waals surface area contributed by atoms with Gasteiger partial charge in [-0.1, -0.05) is 29.8 Å². The highest BCUT2D eigenvalue weighted by atomic mass is 32.2. The van der Waals surface area contributed by atoms with Gasteiger partial charge in [0.25, 0.3) is 10.0 Å². The van der Waals surface area contributed by atoms with E-state index in [2.05, 4.69) is 20.0 Å². The summed E-state index contributed by atoms with van der Waals surface area (Å²) in [6, 6.07) is 17.1. The summed E-state index contributed by atoms with van der Waals surface area (Å²) in [6.45, 7) is 1.89. The minimum atomic E-state index is -3.91. The van der Waals surface area contributed by atoms with Crippen LogP contribution in [0.1, 0.15) is 5.56 Å². The lowest BCUT2D eigenvalue weighted by Crippen LogP contribution is -2.16. The molecule has 10 heteroatoms. The van der Waals surface area contributed by atoms with Crippen LogP contribution in [0.2, 0.25) is 0 Å². The SMILES string of the molecule is COc1cc(Nc2nc3ccccc3nc2NS(=O)(=O)c2ccc(C)cc2)cc(OC)c1OC. The van der Waals surface area contributed by atoms with Crippen LogP contribution in [0.3, 0.4) is 0 Å². The summed E-state index contributed by atoms with van der Waals surface area (Å²) in [7, 11) is 0.626. The van der Waals surface area contributed by atoms with Gasteiger partial charge < -0.3 is 19.5 Å². The Morgan fingerprint density at radius 2 is 1.32 bits per heavy atom. The molecule has 0 spiro atoms. The Hall–Kier alpha value is -4.05. The van der Waals surface area contributed by atoms with E-state index in [0.717, 1.165) is 5.56 Å². The molecule has 3 aromatic carbocycles. The number of benzene rings is 3. The average molecular weight is 481 g/mol. The first-order valence-electron chi connectivity index (χ1n) is 10.3. The molecular weight excluding hydrogens is 456 g/mol. The third-order valence-electron chi connectivity index (χ3n) is 5.06. The predicted molar refractivity (Wildman–Crippen MR) is 131 cm³/mol. The Balaban J connectivity index is 1.80. The molecule has 0 aliphatic heterocycles. The van der Waals surface area contributed by atoms with Crippen molar-refractivity contribution in [3.8, 4) is 17.2 Å². The molecule has 2 N–H and O–H groups in total. The van der Waals surface area contributed by atoms with Gasteiger partial charge in [-0.05, 0) is 31.2 Å². The summed E-state index contributed by atoms with van der Waals surface area (Å²) >= 11 is 0. The third-order valence-corrected chi connectivity index (χ3v) is 6.42. The van der Waals surface area contributed by atoms with Crippen molar-refractivity contribution < 1.29 is 22.6 Å². The molecule has 0 unspecified atom stereocenters. The molecule has 0 atom stereocenters. The van der Waals surface area contributed by atoms with E-state index < -0.39 is 10.0 Å². The van der Waals surface area contributed by atoms with Crippen molar-refractivity contribution in [1.82, 2.24) is 9.97 Å². The highest BCUT2D eigenvalue weighted by Gasteiger charge is 2.20. The molecule has 0 bridgehead atoms. The van der Waals surface area contributed by atoms with Crippen molar-refractivity contribution in [2.24, 2.45) is 0 Å². The largest absolute Gasteiger partial charge is 0.493 e. The lowest BCUT2D eigenvalue weighted by atomic mass is 10.2. The van der Waals surface area contributed by atoms with Gasteiger partial charge in [0.1, 0.15) is 0 Å². The number of aryl methyl sites for hydroxylation is 1. The predicted octanol–water partition coefficient (Wildman–Crippen LogP) is 4.51. The lowest BCUT2D eigenvalue weighted by Gasteiger charge is -2.17. The molecule has 0 saturated heterocycles. The fraction of sp³-hybridized carbons (Fsp3) is 0.167. The van der Waals surface area contributed by atoms with E-state index in [9.17, 15) is 8.42 Å². The number of fused-ring (bicyclic) bond motifs is 1. The standard InChI is InChI=1S/C24H24N4O5S/c1-15-9-11-17(12-10-15)34(29,30)28-24-23(26-18-7-5-6-8-19(18)27-24)25-16-13-20(31-2)22(33-4)21(14-16)32-3/h5-14H,1-4H3,(H,25,26)(H,27,28). The molecule has 0 saturated carbocycles. The van der Waals surface area contributed by atoms with Crippen LogP contribution in [-0.2, 0) is 10.0 Å². The van der Waals surface area contributed by atoms with E-state index in [1.165, 1.54) is 21.3 Å². The number of anilines is 3. The molecule has 176 valence electrons. The lowest BCUT2D eigenvalue weighted by molar-refractivity contribution is 0.324. The smallest absolute Gasteiger partial charge is 0.263 e. The number of methoxy groups -OCH3 is 3. The van der Waals surface area contributed by atoms with Crippen LogP contribution in [0.4, 0.5) is 17.3 Å².